The van der Waals surface area contributed by atoms with Gasteiger partial charge in [-0.1, -0.05) is 24.3 Å². The number of anilines is 2. The van der Waals surface area contributed by atoms with Gasteiger partial charge in [0.05, 0.1) is 7.11 Å². The number of carbonyl (C=O) groups excluding carboxylic acids is 2. The van der Waals surface area contributed by atoms with Gasteiger partial charge in [-0.2, -0.15) is 0 Å². The molecule has 8 N–H and O–H groups in total. The molecule has 1 amide bonds. The molecule has 2 aromatic rings. The molecule has 0 saturated carbocycles. The van der Waals surface area contributed by atoms with E-state index in [-0.39, 0.29) is 29.3 Å². The van der Waals surface area contributed by atoms with Gasteiger partial charge in [-0.05, 0) is 72.2 Å². The number of aliphatic imine (C=N–C) groups is 1. The van der Waals surface area contributed by atoms with E-state index in [4.69, 9.17) is 22.9 Å². The van der Waals surface area contributed by atoms with Crippen molar-refractivity contribution < 1.29 is 14.3 Å². The summed E-state index contributed by atoms with van der Waals surface area (Å²) in [5.41, 5.74) is 25.6. The van der Waals surface area contributed by atoms with Gasteiger partial charge >= 0.3 is 5.97 Å². The molecule has 0 bridgehead atoms. The first-order chi connectivity index (χ1) is 16.6. The van der Waals surface area contributed by atoms with E-state index in [9.17, 15) is 9.59 Å². The molecule has 0 spiro atoms. The lowest BCUT2D eigenvalue weighted by Gasteiger charge is -2.16. The molecule has 1 atom stereocenters. The first-order valence-corrected chi connectivity index (χ1v) is 12.3. The second-order valence-electron chi connectivity index (χ2n) is 8.03. The van der Waals surface area contributed by atoms with Crippen LogP contribution in [0, 0.1) is 3.70 Å². The average Bonchev–Trinajstić information content (AvgIpc) is 2.85. The zero-order valence-electron chi connectivity index (χ0n) is 20.0. The standard InChI is InChI=1S/C23H33IN8O3/c1-32(21(33)17-19(26)31-20(27)18(24)30-17)23(28)29-13-4-3-6-14-9-11-15(12-10-14)7-5-8-16(25)22(34)35-2/h9-12,16H,3-8,13,25H2,1-2H3,(H2,28,29)(H4,26,27,31)/t16-/m1/s1. The number of hydrogen-bond acceptors (Lipinski definition) is 9. The molecule has 11 nitrogen and oxygen atoms in total. The number of aromatic nitrogens is 2. The van der Waals surface area contributed by atoms with Crippen molar-refractivity contribution in [3.05, 3.63) is 44.8 Å². The lowest BCUT2D eigenvalue weighted by molar-refractivity contribution is -0.142. The van der Waals surface area contributed by atoms with E-state index in [1.165, 1.54) is 30.2 Å². The number of benzene rings is 1. The molecule has 1 aromatic carbocycles. The van der Waals surface area contributed by atoms with Crippen LogP contribution < -0.4 is 22.9 Å². The van der Waals surface area contributed by atoms with E-state index in [0.29, 0.717) is 16.7 Å². The van der Waals surface area contributed by atoms with Gasteiger partial charge in [0.15, 0.2) is 23.3 Å². The van der Waals surface area contributed by atoms with Gasteiger partial charge in [0.1, 0.15) is 9.74 Å². The Hall–Kier alpha value is -3.00. The van der Waals surface area contributed by atoms with Crippen LogP contribution in [0.4, 0.5) is 11.6 Å². The number of unbranched alkanes of at least 4 members (excludes halogenated alkanes) is 1. The van der Waals surface area contributed by atoms with Gasteiger partial charge in [0.2, 0.25) is 0 Å². The number of nitrogens with zero attached hydrogens (tertiary/aromatic N) is 4. The highest BCUT2D eigenvalue weighted by Gasteiger charge is 2.21. The Kier molecular flexibility index (Phi) is 11.1. The minimum absolute atomic E-state index is 0.0148. The highest BCUT2D eigenvalue weighted by Crippen LogP contribution is 2.16. The van der Waals surface area contributed by atoms with Crippen LogP contribution in [0.3, 0.4) is 0 Å². The monoisotopic (exact) mass is 596 g/mol. The largest absolute Gasteiger partial charge is 0.468 e. The average molecular weight is 596 g/mol. The summed E-state index contributed by atoms with van der Waals surface area (Å²) in [5.74, 6) is -0.677. The van der Waals surface area contributed by atoms with Crippen molar-refractivity contribution in [1.29, 1.82) is 0 Å². The third kappa shape index (κ3) is 8.62. The van der Waals surface area contributed by atoms with Crippen LogP contribution in [0.5, 0.6) is 0 Å². The lowest BCUT2D eigenvalue weighted by Crippen LogP contribution is -2.40. The molecule has 0 aliphatic rings. The number of amides is 1. The van der Waals surface area contributed by atoms with Crippen molar-refractivity contribution in [2.45, 2.75) is 44.6 Å². The molecular formula is C23H33IN8O3. The molecule has 2 rings (SSSR count). The van der Waals surface area contributed by atoms with Crippen molar-refractivity contribution >= 4 is 52.1 Å². The summed E-state index contributed by atoms with van der Waals surface area (Å²) >= 11 is 1.88. The minimum atomic E-state index is -0.567. The maximum atomic E-state index is 12.6. The van der Waals surface area contributed by atoms with Crippen LogP contribution in [0.2, 0.25) is 0 Å². The van der Waals surface area contributed by atoms with E-state index in [2.05, 4.69) is 44.0 Å². The molecule has 35 heavy (non-hydrogen) atoms. The number of nitrogen functional groups attached to an aromatic ring is 2. The van der Waals surface area contributed by atoms with Crippen LogP contribution in [-0.2, 0) is 22.4 Å². The van der Waals surface area contributed by atoms with E-state index in [1.54, 1.807) is 0 Å². The maximum absolute atomic E-state index is 12.6. The second-order valence-corrected chi connectivity index (χ2v) is 9.05. The summed E-state index contributed by atoms with van der Waals surface area (Å²) in [4.78, 5) is 37.5. The molecule has 0 aliphatic carbocycles. The molecule has 0 saturated heterocycles. The first-order valence-electron chi connectivity index (χ1n) is 11.2. The molecule has 0 fully saturated rings. The topological polar surface area (TPSA) is 189 Å². The van der Waals surface area contributed by atoms with Crippen molar-refractivity contribution in [1.82, 2.24) is 14.9 Å². The first kappa shape index (κ1) is 28.2. The number of methoxy groups -OCH3 is 1. The molecule has 1 aromatic heterocycles. The quantitative estimate of drug-likeness (QED) is 0.0979. The fourth-order valence-corrected chi connectivity index (χ4v) is 3.63. The SMILES string of the molecule is COC(=O)[C@H](N)CCCc1ccc(CCCCN=C(N)N(C)C(=O)c2nc(I)c(N)nc2N)cc1. The normalized spacial score (nSPS) is 12.3. The Labute approximate surface area is 218 Å². The fourth-order valence-electron chi connectivity index (χ4n) is 3.27. The molecule has 0 aliphatic heterocycles. The number of hydrogen-bond donors (Lipinski definition) is 4. The third-order valence-electron chi connectivity index (χ3n) is 5.41. The Morgan fingerprint density at radius 2 is 1.66 bits per heavy atom. The Bertz CT molecular complexity index is 1050. The highest BCUT2D eigenvalue weighted by atomic mass is 127. The van der Waals surface area contributed by atoms with Crippen LogP contribution >= 0.6 is 22.6 Å². The number of esters is 1. The van der Waals surface area contributed by atoms with Crippen LogP contribution in [0.15, 0.2) is 29.3 Å². The number of aryl methyl sites for hydroxylation is 2. The fraction of sp³-hybridized carbons (Fsp3) is 0.435. The molecular weight excluding hydrogens is 563 g/mol. The number of guanidine groups is 1. The number of nitrogens with two attached hydrogens (primary N) is 4. The summed E-state index contributed by atoms with van der Waals surface area (Å²) in [5, 5.41) is 0. The van der Waals surface area contributed by atoms with Gasteiger partial charge in [0.25, 0.3) is 5.91 Å². The number of carbonyl (C=O) groups is 2. The van der Waals surface area contributed by atoms with Crippen molar-refractivity contribution in [3.8, 4) is 0 Å². The maximum Gasteiger partial charge on any atom is 0.322 e. The van der Waals surface area contributed by atoms with Crippen molar-refractivity contribution in [2.24, 2.45) is 16.5 Å². The number of rotatable bonds is 11. The predicted octanol–water partition coefficient (Wildman–Crippen LogP) is 1.48. The second kappa shape index (κ2) is 13.8. The van der Waals surface area contributed by atoms with Crippen LogP contribution in [0.25, 0.3) is 0 Å². The van der Waals surface area contributed by atoms with Crippen molar-refractivity contribution in [2.75, 3.05) is 32.2 Å². The minimum Gasteiger partial charge on any atom is -0.468 e. The Balaban J connectivity index is 1.75. The highest BCUT2D eigenvalue weighted by molar-refractivity contribution is 14.1. The number of halogens is 1. The Morgan fingerprint density at radius 1 is 1.06 bits per heavy atom. The molecule has 0 radical (unpaired) electrons. The van der Waals surface area contributed by atoms with Crippen LogP contribution in [0.1, 0.15) is 47.3 Å². The van der Waals surface area contributed by atoms with E-state index >= 15 is 0 Å². The smallest absolute Gasteiger partial charge is 0.322 e. The van der Waals surface area contributed by atoms with Gasteiger partial charge in [-0.25, -0.2) is 9.97 Å². The summed E-state index contributed by atoms with van der Waals surface area (Å²) in [6.07, 6.45) is 4.93. The zero-order valence-corrected chi connectivity index (χ0v) is 22.2. The van der Waals surface area contributed by atoms with E-state index in [1.807, 2.05) is 22.6 Å². The van der Waals surface area contributed by atoms with Crippen molar-refractivity contribution in [3.63, 3.8) is 0 Å². The molecule has 190 valence electrons. The van der Waals surface area contributed by atoms with E-state index in [0.717, 1.165) is 32.1 Å². The van der Waals surface area contributed by atoms with Gasteiger partial charge in [-0.3, -0.25) is 19.5 Å². The van der Waals surface area contributed by atoms with E-state index < -0.39 is 11.9 Å². The molecule has 1 heterocycles. The lowest BCUT2D eigenvalue weighted by atomic mass is 10.0. The molecule has 0 unspecified atom stereocenters. The zero-order chi connectivity index (χ0) is 26.0. The number of ether oxygens (including phenoxy) is 1. The summed E-state index contributed by atoms with van der Waals surface area (Å²) in [7, 11) is 2.85. The van der Waals surface area contributed by atoms with Gasteiger partial charge in [0, 0.05) is 13.6 Å². The van der Waals surface area contributed by atoms with Crippen LogP contribution in [-0.4, -0.2) is 59.4 Å². The summed E-state index contributed by atoms with van der Waals surface area (Å²) in [6, 6.07) is 7.85. The third-order valence-corrected chi connectivity index (χ3v) is 6.20. The summed E-state index contributed by atoms with van der Waals surface area (Å²) in [6.45, 7) is 0.489. The van der Waals surface area contributed by atoms with Gasteiger partial charge in [-0.15, -0.1) is 0 Å². The van der Waals surface area contributed by atoms with Gasteiger partial charge < -0.3 is 27.7 Å². The predicted molar refractivity (Wildman–Crippen MR) is 144 cm³/mol. The summed E-state index contributed by atoms with van der Waals surface area (Å²) < 4.78 is 5.03. The Morgan fingerprint density at radius 3 is 2.26 bits per heavy atom. The molecule has 12 heteroatoms.